The maximum absolute atomic E-state index is 11.8. The molecule has 0 aliphatic rings. The van der Waals surface area contributed by atoms with Crippen LogP contribution < -0.4 is 11.1 Å². The molecule has 0 aliphatic carbocycles. The molecule has 0 rings (SSSR count). The van der Waals surface area contributed by atoms with Crippen LogP contribution in [0.1, 0.15) is 12.8 Å². The van der Waals surface area contributed by atoms with Gasteiger partial charge in [0.2, 0.25) is 5.91 Å². The summed E-state index contributed by atoms with van der Waals surface area (Å²) in [6, 6.07) is -1.22. The Kier molecular flexibility index (Phi) is 5.89. The molecule has 0 aromatic rings. The number of halogens is 3. The van der Waals surface area contributed by atoms with E-state index in [4.69, 9.17) is 15.9 Å². The van der Waals surface area contributed by atoms with E-state index in [1.165, 1.54) is 0 Å². The number of carbonyl (C=O) groups is 2. The first-order valence-corrected chi connectivity index (χ1v) is 4.64. The lowest BCUT2D eigenvalue weighted by molar-refractivity contribution is -0.201. The monoisotopic (exact) mass is 258 g/mol. The first kappa shape index (κ1) is 15.7. The molecule has 0 heterocycles. The Morgan fingerprint density at radius 3 is 2.29 bits per heavy atom. The third-order valence-electron chi connectivity index (χ3n) is 1.85. The molecule has 17 heavy (non-hydrogen) atoms. The van der Waals surface area contributed by atoms with Gasteiger partial charge in [-0.05, 0) is 6.42 Å². The van der Waals surface area contributed by atoms with Crippen molar-refractivity contribution in [1.29, 1.82) is 0 Å². The summed E-state index contributed by atoms with van der Waals surface area (Å²) >= 11 is 0. The highest BCUT2D eigenvalue weighted by atomic mass is 19.4. The molecular weight excluding hydrogens is 245 g/mol. The van der Waals surface area contributed by atoms with Crippen LogP contribution in [-0.2, 0) is 9.59 Å². The molecule has 1 amide bonds. The summed E-state index contributed by atoms with van der Waals surface area (Å²) in [5, 5.41) is 18.6. The predicted octanol–water partition coefficient (Wildman–Crippen LogP) is -0.782. The molecule has 2 unspecified atom stereocenters. The summed E-state index contributed by atoms with van der Waals surface area (Å²) in [7, 11) is 0. The van der Waals surface area contributed by atoms with Gasteiger partial charge in [0, 0.05) is 6.42 Å². The maximum atomic E-state index is 11.8. The summed E-state index contributed by atoms with van der Waals surface area (Å²) in [6.45, 7) is -1.01. The first-order valence-electron chi connectivity index (χ1n) is 4.64. The van der Waals surface area contributed by atoms with E-state index in [0.717, 1.165) is 0 Å². The molecule has 0 aliphatic heterocycles. The highest BCUT2D eigenvalue weighted by Crippen LogP contribution is 2.19. The fourth-order valence-corrected chi connectivity index (χ4v) is 0.854. The van der Waals surface area contributed by atoms with Gasteiger partial charge in [0.25, 0.3) is 0 Å². The minimum atomic E-state index is -4.82. The number of aliphatic carboxylic acids is 1. The van der Waals surface area contributed by atoms with Gasteiger partial charge < -0.3 is 21.3 Å². The van der Waals surface area contributed by atoms with Crippen molar-refractivity contribution in [2.24, 2.45) is 5.73 Å². The average molecular weight is 258 g/mol. The average Bonchev–Trinajstić information content (AvgIpc) is 2.20. The van der Waals surface area contributed by atoms with Crippen molar-refractivity contribution >= 4 is 11.9 Å². The van der Waals surface area contributed by atoms with Crippen LogP contribution in [0.25, 0.3) is 0 Å². The fourth-order valence-electron chi connectivity index (χ4n) is 0.854. The van der Waals surface area contributed by atoms with Gasteiger partial charge in [-0.15, -0.1) is 0 Å². The lowest BCUT2D eigenvalue weighted by atomic mass is 10.1. The number of nitrogens with one attached hydrogen (secondary N) is 1. The van der Waals surface area contributed by atoms with E-state index in [1.54, 1.807) is 5.32 Å². The van der Waals surface area contributed by atoms with E-state index in [-0.39, 0.29) is 12.8 Å². The summed E-state index contributed by atoms with van der Waals surface area (Å²) in [4.78, 5) is 21.2. The lowest BCUT2D eigenvalue weighted by Crippen LogP contribution is -2.46. The van der Waals surface area contributed by atoms with Gasteiger partial charge in [-0.25, -0.2) is 0 Å². The van der Waals surface area contributed by atoms with Gasteiger partial charge in [0.1, 0.15) is 0 Å². The van der Waals surface area contributed by atoms with Crippen molar-refractivity contribution in [3.63, 3.8) is 0 Å². The largest absolute Gasteiger partial charge is 0.481 e. The molecule has 0 spiro atoms. The Balaban J connectivity index is 3.97. The van der Waals surface area contributed by atoms with Crippen molar-refractivity contribution in [2.75, 3.05) is 6.54 Å². The Labute approximate surface area is 94.6 Å². The number of alkyl halides is 3. The number of amides is 1. The SMILES string of the molecule is NC(CCC(=O)O)C(=O)NCC(O)C(F)(F)F. The third kappa shape index (κ3) is 6.74. The Morgan fingerprint density at radius 2 is 1.88 bits per heavy atom. The standard InChI is InChI=1S/C8H13F3N2O4/c9-8(10,11)5(14)3-13-7(17)4(12)1-2-6(15)16/h4-5,14H,1-3,12H2,(H,13,17)(H,15,16). The number of aliphatic hydroxyl groups excluding tert-OH is 1. The van der Waals surface area contributed by atoms with Crippen molar-refractivity contribution in [2.45, 2.75) is 31.2 Å². The second-order valence-electron chi connectivity index (χ2n) is 3.34. The molecule has 0 bridgehead atoms. The van der Waals surface area contributed by atoms with Gasteiger partial charge in [0.05, 0.1) is 12.6 Å². The van der Waals surface area contributed by atoms with E-state index in [2.05, 4.69) is 0 Å². The number of rotatable bonds is 6. The smallest absolute Gasteiger partial charge is 0.416 e. The van der Waals surface area contributed by atoms with Crippen LogP contribution in [0.4, 0.5) is 13.2 Å². The van der Waals surface area contributed by atoms with Gasteiger partial charge in [-0.3, -0.25) is 9.59 Å². The van der Waals surface area contributed by atoms with E-state index in [0.29, 0.717) is 0 Å². The number of aliphatic hydroxyl groups is 1. The molecule has 0 saturated heterocycles. The van der Waals surface area contributed by atoms with E-state index < -0.39 is 36.7 Å². The van der Waals surface area contributed by atoms with E-state index in [9.17, 15) is 22.8 Å². The summed E-state index contributed by atoms with van der Waals surface area (Å²) < 4.78 is 35.5. The molecular formula is C8H13F3N2O4. The summed E-state index contributed by atoms with van der Waals surface area (Å²) in [5.74, 6) is -2.10. The zero-order valence-corrected chi connectivity index (χ0v) is 8.70. The zero-order chi connectivity index (χ0) is 13.6. The van der Waals surface area contributed by atoms with Crippen molar-refractivity contribution in [3.8, 4) is 0 Å². The molecule has 5 N–H and O–H groups in total. The predicted molar refractivity (Wildman–Crippen MR) is 49.9 cm³/mol. The Morgan fingerprint density at radius 1 is 1.35 bits per heavy atom. The molecule has 0 saturated carbocycles. The number of carbonyl (C=O) groups excluding carboxylic acids is 1. The number of nitrogens with two attached hydrogens (primary N) is 1. The number of carboxylic acids is 1. The zero-order valence-electron chi connectivity index (χ0n) is 8.70. The molecule has 0 radical (unpaired) electrons. The van der Waals surface area contributed by atoms with Gasteiger partial charge in [-0.1, -0.05) is 0 Å². The van der Waals surface area contributed by atoms with Crippen LogP contribution in [-0.4, -0.2) is 47.0 Å². The normalized spacial score (nSPS) is 15.1. The summed E-state index contributed by atoms with van der Waals surface area (Å²) in [5.41, 5.74) is 5.22. The second-order valence-corrected chi connectivity index (χ2v) is 3.34. The molecule has 0 aromatic carbocycles. The first-order chi connectivity index (χ1) is 7.64. The summed E-state index contributed by atoms with van der Waals surface area (Å²) in [6.07, 6.45) is -8.05. The van der Waals surface area contributed by atoms with Crippen LogP contribution in [0.5, 0.6) is 0 Å². The number of carboxylic acid groups (broad SMARTS) is 1. The molecule has 2 atom stereocenters. The van der Waals surface area contributed by atoms with Crippen LogP contribution in [0.3, 0.4) is 0 Å². The molecule has 100 valence electrons. The highest BCUT2D eigenvalue weighted by Gasteiger charge is 2.38. The van der Waals surface area contributed by atoms with E-state index >= 15 is 0 Å². The number of hydrogen-bond donors (Lipinski definition) is 4. The topological polar surface area (TPSA) is 113 Å². The van der Waals surface area contributed by atoms with Crippen molar-refractivity contribution in [1.82, 2.24) is 5.32 Å². The van der Waals surface area contributed by atoms with Gasteiger partial charge in [0.15, 0.2) is 6.10 Å². The third-order valence-corrected chi connectivity index (χ3v) is 1.85. The Hall–Kier alpha value is -1.35. The van der Waals surface area contributed by atoms with Crippen LogP contribution in [0, 0.1) is 0 Å². The van der Waals surface area contributed by atoms with Crippen molar-refractivity contribution in [3.05, 3.63) is 0 Å². The fraction of sp³-hybridized carbons (Fsp3) is 0.750. The minimum Gasteiger partial charge on any atom is -0.481 e. The van der Waals surface area contributed by atoms with Crippen LogP contribution in [0.2, 0.25) is 0 Å². The molecule has 9 heteroatoms. The van der Waals surface area contributed by atoms with Gasteiger partial charge >= 0.3 is 12.1 Å². The lowest BCUT2D eigenvalue weighted by Gasteiger charge is -2.16. The quantitative estimate of drug-likeness (QED) is 0.499. The molecule has 0 fully saturated rings. The van der Waals surface area contributed by atoms with Crippen LogP contribution >= 0.6 is 0 Å². The minimum absolute atomic E-state index is 0.191. The maximum Gasteiger partial charge on any atom is 0.416 e. The van der Waals surface area contributed by atoms with Crippen LogP contribution in [0.15, 0.2) is 0 Å². The van der Waals surface area contributed by atoms with Crippen molar-refractivity contribution < 1.29 is 33.0 Å². The molecule has 6 nitrogen and oxygen atoms in total. The Bertz CT molecular complexity index is 282. The second kappa shape index (κ2) is 6.40. The van der Waals surface area contributed by atoms with Gasteiger partial charge in [-0.2, -0.15) is 13.2 Å². The number of hydrogen-bond acceptors (Lipinski definition) is 4. The highest BCUT2D eigenvalue weighted by molar-refractivity contribution is 5.82. The van der Waals surface area contributed by atoms with E-state index in [1.807, 2.05) is 0 Å². The molecule has 0 aromatic heterocycles.